The quantitative estimate of drug-likeness (QED) is 0.877. The minimum absolute atomic E-state index is 0.116. The van der Waals surface area contributed by atoms with Gasteiger partial charge in [-0.1, -0.05) is 30.3 Å². The fourth-order valence-electron chi connectivity index (χ4n) is 2.97. The van der Waals surface area contributed by atoms with Crippen LogP contribution >= 0.6 is 11.3 Å². The van der Waals surface area contributed by atoms with Crippen molar-refractivity contribution in [2.24, 2.45) is 0 Å². The van der Waals surface area contributed by atoms with Crippen molar-refractivity contribution in [2.75, 3.05) is 11.9 Å². The molecule has 0 radical (unpaired) electrons. The molecule has 0 bridgehead atoms. The van der Waals surface area contributed by atoms with Gasteiger partial charge in [-0.15, -0.1) is 11.3 Å². The second-order valence-corrected chi connectivity index (χ2v) is 7.10. The molecule has 0 saturated carbocycles. The van der Waals surface area contributed by atoms with Crippen molar-refractivity contribution in [3.05, 3.63) is 46.5 Å². The van der Waals surface area contributed by atoms with E-state index in [-0.39, 0.29) is 18.2 Å². The summed E-state index contributed by atoms with van der Waals surface area (Å²) in [6, 6.07) is 10.6. The van der Waals surface area contributed by atoms with Gasteiger partial charge in [0.15, 0.2) is 5.13 Å². The Hall–Kier alpha value is -2.21. The van der Waals surface area contributed by atoms with Gasteiger partial charge in [0.25, 0.3) is 0 Å². The molecule has 5 nitrogen and oxygen atoms in total. The van der Waals surface area contributed by atoms with Crippen molar-refractivity contribution in [1.82, 2.24) is 10.3 Å². The second-order valence-electron chi connectivity index (χ2n) is 6.02. The molecule has 2 N–H and O–H groups in total. The van der Waals surface area contributed by atoms with Gasteiger partial charge in [-0.3, -0.25) is 9.59 Å². The lowest BCUT2D eigenvalue weighted by molar-refractivity contribution is -0.119. The number of carbonyl (C=O) groups excluding carboxylic acids is 2. The SMILES string of the molecule is CC(=O)NCCC(=O)Nc1nc2c(s1)C[C@H](c1ccccc1)CC2. The predicted octanol–water partition coefficient (Wildman–Crippen LogP) is 2.88. The number of hydrogen-bond acceptors (Lipinski definition) is 4. The number of carbonyl (C=O) groups is 2. The second kappa shape index (κ2) is 7.57. The summed E-state index contributed by atoms with van der Waals surface area (Å²) in [5, 5.41) is 6.13. The third kappa shape index (κ3) is 4.20. The third-order valence-electron chi connectivity index (χ3n) is 4.18. The Bertz CT molecular complexity index is 727. The number of aryl methyl sites for hydroxylation is 1. The van der Waals surface area contributed by atoms with Gasteiger partial charge in [0.05, 0.1) is 5.69 Å². The molecule has 2 aromatic rings. The van der Waals surface area contributed by atoms with Crippen molar-refractivity contribution in [3.8, 4) is 0 Å². The number of nitrogens with one attached hydrogen (secondary N) is 2. The van der Waals surface area contributed by atoms with Gasteiger partial charge in [-0.05, 0) is 30.7 Å². The molecule has 0 fully saturated rings. The first-order valence-corrected chi connectivity index (χ1v) is 9.01. The molecule has 0 unspecified atom stereocenters. The first-order valence-electron chi connectivity index (χ1n) is 8.19. The standard InChI is InChI=1S/C18H21N3O2S/c1-12(22)19-10-9-17(23)21-18-20-15-8-7-14(11-16(15)24-18)13-5-3-2-4-6-13/h2-6,14H,7-11H2,1H3,(H,19,22)(H,20,21,23)/t14-/m1/s1. The van der Waals surface area contributed by atoms with Crippen molar-refractivity contribution in [3.63, 3.8) is 0 Å². The van der Waals surface area contributed by atoms with E-state index >= 15 is 0 Å². The number of aromatic nitrogens is 1. The molecule has 2 amide bonds. The van der Waals surface area contributed by atoms with E-state index in [0.717, 1.165) is 25.0 Å². The molecule has 1 aliphatic rings. The summed E-state index contributed by atoms with van der Waals surface area (Å²) >= 11 is 1.57. The van der Waals surface area contributed by atoms with Crippen LogP contribution in [-0.2, 0) is 22.4 Å². The summed E-state index contributed by atoms with van der Waals surface area (Å²) < 4.78 is 0. The molecule has 6 heteroatoms. The Kier molecular flexibility index (Phi) is 5.25. The fraction of sp³-hybridized carbons (Fsp3) is 0.389. The Morgan fingerprint density at radius 1 is 1.29 bits per heavy atom. The highest BCUT2D eigenvalue weighted by Crippen LogP contribution is 2.36. The maximum Gasteiger partial charge on any atom is 0.227 e. The van der Waals surface area contributed by atoms with Crippen molar-refractivity contribution in [1.29, 1.82) is 0 Å². The fourth-order valence-corrected chi connectivity index (χ4v) is 4.08. The minimum Gasteiger partial charge on any atom is -0.356 e. The first kappa shape index (κ1) is 16.6. The zero-order chi connectivity index (χ0) is 16.9. The lowest BCUT2D eigenvalue weighted by Crippen LogP contribution is -2.25. The van der Waals surface area contributed by atoms with Gasteiger partial charge in [-0.25, -0.2) is 4.98 Å². The van der Waals surface area contributed by atoms with Gasteiger partial charge < -0.3 is 10.6 Å². The van der Waals surface area contributed by atoms with E-state index < -0.39 is 0 Å². The Morgan fingerprint density at radius 2 is 2.08 bits per heavy atom. The maximum atomic E-state index is 11.9. The normalized spacial score (nSPS) is 16.3. The molecule has 1 aromatic heterocycles. The van der Waals surface area contributed by atoms with Crippen LogP contribution in [0.4, 0.5) is 5.13 Å². The van der Waals surface area contributed by atoms with Crippen LogP contribution in [0.1, 0.15) is 41.8 Å². The van der Waals surface area contributed by atoms with Gasteiger partial charge in [0.1, 0.15) is 0 Å². The summed E-state index contributed by atoms with van der Waals surface area (Å²) in [5.41, 5.74) is 2.49. The first-order chi connectivity index (χ1) is 11.6. The average Bonchev–Trinajstić information content (AvgIpc) is 2.96. The van der Waals surface area contributed by atoms with Crippen LogP contribution in [0.3, 0.4) is 0 Å². The van der Waals surface area contributed by atoms with E-state index in [1.165, 1.54) is 17.4 Å². The number of thiazole rings is 1. The molecule has 0 saturated heterocycles. The molecule has 126 valence electrons. The summed E-state index contributed by atoms with van der Waals surface area (Å²) in [5.74, 6) is 0.288. The van der Waals surface area contributed by atoms with Crippen LogP contribution in [0.25, 0.3) is 0 Å². The van der Waals surface area contributed by atoms with Crippen molar-refractivity contribution >= 4 is 28.3 Å². The van der Waals surface area contributed by atoms with E-state index in [9.17, 15) is 9.59 Å². The highest BCUT2D eigenvalue weighted by atomic mass is 32.1. The largest absolute Gasteiger partial charge is 0.356 e. The number of nitrogens with zero attached hydrogens (tertiary/aromatic N) is 1. The molecule has 24 heavy (non-hydrogen) atoms. The summed E-state index contributed by atoms with van der Waals surface area (Å²) in [6.07, 6.45) is 3.29. The molecule has 1 aromatic carbocycles. The van der Waals surface area contributed by atoms with E-state index in [1.807, 2.05) is 6.07 Å². The van der Waals surface area contributed by atoms with Crippen molar-refractivity contribution in [2.45, 2.75) is 38.5 Å². The summed E-state index contributed by atoms with van der Waals surface area (Å²) in [4.78, 5) is 28.5. The van der Waals surface area contributed by atoms with Gasteiger partial charge in [0.2, 0.25) is 11.8 Å². The zero-order valence-corrected chi connectivity index (χ0v) is 14.5. The van der Waals surface area contributed by atoms with Crippen molar-refractivity contribution < 1.29 is 9.59 Å². The number of amides is 2. The Balaban J connectivity index is 1.59. The lowest BCUT2D eigenvalue weighted by atomic mass is 9.85. The maximum absolute atomic E-state index is 11.9. The smallest absolute Gasteiger partial charge is 0.227 e. The molecule has 1 atom stereocenters. The minimum atomic E-state index is -0.125. The molecular weight excluding hydrogens is 322 g/mol. The summed E-state index contributed by atoms with van der Waals surface area (Å²) in [6.45, 7) is 1.79. The molecule has 1 aliphatic carbocycles. The van der Waals surface area contributed by atoms with E-state index in [1.54, 1.807) is 11.3 Å². The third-order valence-corrected chi connectivity index (χ3v) is 5.22. The highest BCUT2D eigenvalue weighted by molar-refractivity contribution is 7.15. The number of benzene rings is 1. The van der Waals surface area contributed by atoms with Crippen LogP contribution in [0.15, 0.2) is 30.3 Å². The molecular formula is C18H21N3O2S. The van der Waals surface area contributed by atoms with Gasteiger partial charge in [-0.2, -0.15) is 0 Å². The number of anilines is 1. The zero-order valence-electron chi connectivity index (χ0n) is 13.7. The van der Waals surface area contributed by atoms with Gasteiger partial charge in [0, 0.05) is 24.8 Å². The van der Waals surface area contributed by atoms with Crippen LogP contribution < -0.4 is 10.6 Å². The molecule has 1 heterocycles. The number of fused-ring (bicyclic) bond motifs is 1. The van der Waals surface area contributed by atoms with Crippen LogP contribution in [-0.4, -0.2) is 23.3 Å². The molecule has 0 aliphatic heterocycles. The van der Waals surface area contributed by atoms with Crippen LogP contribution in [0, 0.1) is 0 Å². The molecule has 0 spiro atoms. The van der Waals surface area contributed by atoms with E-state index in [2.05, 4.69) is 39.9 Å². The molecule has 3 rings (SSSR count). The van der Waals surface area contributed by atoms with E-state index in [0.29, 0.717) is 17.6 Å². The Morgan fingerprint density at radius 3 is 2.83 bits per heavy atom. The average molecular weight is 343 g/mol. The highest BCUT2D eigenvalue weighted by Gasteiger charge is 2.24. The Labute approximate surface area is 145 Å². The summed E-state index contributed by atoms with van der Waals surface area (Å²) in [7, 11) is 0. The van der Waals surface area contributed by atoms with Gasteiger partial charge >= 0.3 is 0 Å². The predicted molar refractivity (Wildman–Crippen MR) is 95.3 cm³/mol. The lowest BCUT2D eigenvalue weighted by Gasteiger charge is -2.21. The number of rotatable bonds is 5. The van der Waals surface area contributed by atoms with E-state index in [4.69, 9.17) is 0 Å². The number of hydrogen-bond donors (Lipinski definition) is 2. The monoisotopic (exact) mass is 343 g/mol. The van der Waals surface area contributed by atoms with Crippen LogP contribution in [0.2, 0.25) is 0 Å². The van der Waals surface area contributed by atoms with Crippen LogP contribution in [0.5, 0.6) is 0 Å². The topological polar surface area (TPSA) is 71.1 Å².